The molecule has 7 nitrogen and oxygen atoms in total. The number of rotatable bonds is 2. The lowest BCUT2D eigenvalue weighted by atomic mass is 10.1. The molecule has 0 atom stereocenters. The van der Waals surface area contributed by atoms with Crippen LogP contribution in [0.25, 0.3) is 11.4 Å². The van der Waals surface area contributed by atoms with Gasteiger partial charge < -0.3 is 0 Å². The normalized spacial score (nSPS) is 13.5. The predicted octanol–water partition coefficient (Wildman–Crippen LogP) is 1.98. The fraction of sp³-hybridized carbons (Fsp3) is 0.0625. The number of benzene rings is 2. The third-order valence-electron chi connectivity index (χ3n) is 3.77. The summed E-state index contributed by atoms with van der Waals surface area (Å²) in [6, 6.07) is 12.1. The van der Waals surface area contributed by atoms with E-state index >= 15 is 0 Å². The maximum Gasteiger partial charge on any atom is 0.266 e. The first-order chi connectivity index (χ1) is 11.1. The summed E-state index contributed by atoms with van der Waals surface area (Å²) in [4.78, 5) is 26.2. The number of hydrogen-bond donors (Lipinski definition) is 1. The lowest BCUT2D eigenvalue weighted by Gasteiger charge is -2.13. The van der Waals surface area contributed by atoms with Gasteiger partial charge in [-0.15, -0.1) is 10.2 Å². The quantitative estimate of drug-likeness (QED) is 0.731. The topological polar surface area (TPSA) is 91.8 Å². The Hall–Kier alpha value is -3.35. The van der Waals surface area contributed by atoms with E-state index in [0.29, 0.717) is 22.6 Å². The molecule has 2 amide bonds. The smallest absolute Gasteiger partial charge is 0.266 e. The van der Waals surface area contributed by atoms with E-state index in [9.17, 15) is 9.59 Å². The molecule has 1 aliphatic heterocycles. The summed E-state index contributed by atoms with van der Waals surface area (Å²) in [5.74, 6) is -0.159. The number of carbonyl (C=O) groups is 2. The molecule has 3 aromatic rings. The molecule has 0 aliphatic carbocycles. The summed E-state index contributed by atoms with van der Waals surface area (Å²) in [6.45, 7) is 1.89. The minimum atomic E-state index is -0.308. The van der Waals surface area contributed by atoms with Gasteiger partial charge in [-0.3, -0.25) is 9.59 Å². The van der Waals surface area contributed by atoms with Gasteiger partial charge in [0.15, 0.2) is 0 Å². The Morgan fingerprint density at radius 1 is 0.957 bits per heavy atom. The van der Waals surface area contributed by atoms with Gasteiger partial charge in [0.25, 0.3) is 11.8 Å². The molecule has 0 bridgehead atoms. The van der Waals surface area contributed by atoms with Crippen molar-refractivity contribution in [1.82, 2.24) is 20.6 Å². The first kappa shape index (κ1) is 13.3. The Bertz CT molecular complexity index is 916. The second kappa shape index (κ2) is 4.84. The van der Waals surface area contributed by atoms with E-state index < -0.39 is 0 Å². The molecule has 2 aromatic carbocycles. The van der Waals surface area contributed by atoms with Crippen LogP contribution >= 0.6 is 0 Å². The van der Waals surface area contributed by atoms with Gasteiger partial charge >= 0.3 is 0 Å². The van der Waals surface area contributed by atoms with Crippen LogP contribution in [0.3, 0.4) is 0 Å². The first-order valence-corrected chi connectivity index (χ1v) is 6.98. The molecular formula is C16H11N5O2. The number of hydrogen-bond acceptors (Lipinski definition) is 5. The minimum absolute atomic E-state index is 0.305. The van der Waals surface area contributed by atoms with Gasteiger partial charge in [-0.05, 0) is 48.5 Å². The maximum atomic E-state index is 12.5. The third kappa shape index (κ3) is 2.02. The van der Waals surface area contributed by atoms with E-state index in [0.717, 1.165) is 11.1 Å². The molecular weight excluding hydrogens is 294 g/mol. The van der Waals surface area contributed by atoms with Gasteiger partial charge in [-0.25, -0.2) is 4.90 Å². The number of amides is 2. The van der Waals surface area contributed by atoms with Crippen LogP contribution in [0.1, 0.15) is 26.3 Å². The highest BCUT2D eigenvalue weighted by molar-refractivity contribution is 6.34. The molecule has 0 unspecified atom stereocenters. The highest BCUT2D eigenvalue weighted by Crippen LogP contribution is 2.30. The summed E-state index contributed by atoms with van der Waals surface area (Å²) in [6.07, 6.45) is 0. The van der Waals surface area contributed by atoms with Crippen molar-refractivity contribution in [2.24, 2.45) is 0 Å². The van der Waals surface area contributed by atoms with Gasteiger partial charge in [-0.2, -0.15) is 5.21 Å². The van der Waals surface area contributed by atoms with Crippen molar-refractivity contribution in [3.63, 3.8) is 0 Å². The van der Waals surface area contributed by atoms with Crippen LogP contribution in [0.5, 0.6) is 0 Å². The second-order valence-electron chi connectivity index (χ2n) is 5.28. The van der Waals surface area contributed by atoms with Gasteiger partial charge in [0.1, 0.15) is 0 Å². The second-order valence-corrected chi connectivity index (χ2v) is 5.28. The minimum Gasteiger partial charge on any atom is -0.268 e. The molecule has 4 rings (SSSR count). The van der Waals surface area contributed by atoms with E-state index in [1.165, 1.54) is 4.90 Å². The third-order valence-corrected chi connectivity index (χ3v) is 3.77. The van der Waals surface area contributed by atoms with Crippen LogP contribution in [-0.2, 0) is 0 Å². The van der Waals surface area contributed by atoms with Crippen LogP contribution in [0.15, 0.2) is 42.5 Å². The molecule has 1 aromatic heterocycles. The van der Waals surface area contributed by atoms with Crippen molar-refractivity contribution < 1.29 is 9.59 Å². The number of anilines is 1. The number of nitrogens with zero attached hydrogens (tertiary/aromatic N) is 4. The van der Waals surface area contributed by atoms with Crippen LogP contribution in [0.2, 0.25) is 0 Å². The summed E-state index contributed by atoms with van der Waals surface area (Å²) in [7, 11) is 0. The van der Waals surface area contributed by atoms with Crippen molar-refractivity contribution >= 4 is 17.5 Å². The van der Waals surface area contributed by atoms with E-state index in [1.807, 2.05) is 13.0 Å². The lowest BCUT2D eigenvalue weighted by molar-refractivity contribution is 0.0926. The van der Waals surface area contributed by atoms with Crippen molar-refractivity contribution in [2.75, 3.05) is 4.90 Å². The molecule has 112 valence electrons. The Morgan fingerprint density at radius 2 is 1.70 bits per heavy atom. The molecule has 7 heteroatoms. The lowest BCUT2D eigenvalue weighted by Crippen LogP contribution is -2.29. The Balaban J connectivity index is 1.72. The van der Waals surface area contributed by atoms with E-state index in [4.69, 9.17) is 0 Å². The number of fused-ring (bicyclic) bond motifs is 1. The molecule has 1 aliphatic rings. The Morgan fingerprint density at radius 3 is 2.39 bits per heavy atom. The number of nitrogens with one attached hydrogen (secondary N) is 1. The van der Waals surface area contributed by atoms with E-state index in [-0.39, 0.29) is 11.8 Å². The average Bonchev–Trinajstić information content (AvgIpc) is 3.16. The molecule has 1 N–H and O–H groups in total. The number of aromatic amines is 1. The van der Waals surface area contributed by atoms with Crippen molar-refractivity contribution in [3.8, 4) is 11.4 Å². The fourth-order valence-electron chi connectivity index (χ4n) is 2.63. The fourth-order valence-corrected chi connectivity index (χ4v) is 2.63. The number of aryl methyl sites for hydroxylation is 1. The Labute approximate surface area is 130 Å². The summed E-state index contributed by atoms with van der Waals surface area (Å²) < 4.78 is 0. The van der Waals surface area contributed by atoms with Crippen molar-refractivity contribution in [2.45, 2.75) is 6.92 Å². The number of imide groups is 1. The average molecular weight is 305 g/mol. The van der Waals surface area contributed by atoms with E-state index in [2.05, 4.69) is 20.6 Å². The standard InChI is InChI=1S/C16H11N5O2/c1-9-2-7-12-13(8-9)16(23)21(15(12)22)11-5-3-10(4-6-11)14-17-19-20-18-14/h2-8H,1H3,(H,17,18,19,20). The predicted molar refractivity (Wildman–Crippen MR) is 81.9 cm³/mol. The van der Waals surface area contributed by atoms with Crippen LogP contribution < -0.4 is 4.90 Å². The molecule has 2 heterocycles. The first-order valence-electron chi connectivity index (χ1n) is 6.98. The van der Waals surface area contributed by atoms with E-state index in [1.54, 1.807) is 36.4 Å². The van der Waals surface area contributed by atoms with Crippen LogP contribution in [0, 0.1) is 6.92 Å². The van der Waals surface area contributed by atoms with Gasteiger partial charge in [0.2, 0.25) is 5.82 Å². The largest absolute Gasteiger partial charge is 0.268 e. The molecule has 0 saturated heterocycles. The monoisotopic (exact) mass is 305 g/mol. The van der Waals surface area contributed by atoms with Gasteiger partial charge in [-0.1, -0.05) is 11.6 Å². The zero-order valence-electron chi connectivity index (χ0n) is 12.1. The van der Waals surface area contributed by atoms with Crippen LogP contribution in [0.4, 0.5) is 5.69 Å². The number of carbonyl (C=O) groups excluding carboxylic acids is 2. The summed E-state index contributed by atoms with van der Waals surface area (Å²) in [5, 5.41) is 13.7. The zero-order valence-corrected chi connectivity index (χ0v) is 12.1. The Kier molecular flexibility index (Phi) is 2.80. The van der Waals surface area contributed by atoms with Crippen molar-refractivity contribution in [1.29, 1.82) is 0 Å². The zero-order chi connectivity index (χ0) is 16.0. The summed E-state index contributed by atoms with van der Waals surface area (Å²) in [5.41, 5.74) is 3.08. The highest BCUT2D eigenvalue weighted by atomic mass is 16.2. The van der Waals surface area contributed by atoms with Gasteiger partial charge in [0.05, 0.1) is 16.8 Å². The highest BCUT2D eigenvalue weighted by Gasteiger charge is 2.36. The SMILES string of the molecule is Cc1ccc2c(c1)C(=O)N(c1ccc(-c3nn[nH]n3)cc1)C2=O. The summed E-state index contributed by atoms with van der Waals surface area (Å²) >= 11 is 0. The molecule has 0 saturated carbocycles. The molecule has 23 heavy (non-hydrogen) atoms. The van der Waals surface area contributed by atoms with Crippen LogP contribution in [-0.4, -0.2) is 32.4 Å². The molecule has 0 radical (unpaired) electrons. The maximum absolute atomic E-state index is 12.5. The molecule has 0 fully saturated rings. The van der Waals surface area contributed by atoms with Crippen molar-refractivity contribution in [3.05, 3.63) is 59.2 Å². The molecule has 0 spiro atoms. The number of tetrazole rings is 1. The number of H-pyrrole nitrogens is 1. The number of aromatic nitrogens is 4. The van der Waals surface area contributed by atoms with Gasteiger partial charge in [0, 0.05) is 5.56 Å².